The minimum absolute atomic E-state index is 0.516. The lowest BCUT2D eigenvalue weighted by Crippen LogP contribution is -2.32. The monoisotopic (exact) mass is 273 g/mol. The maximum absolute atomic E-state index is 12.5. The van der Waals surface area contributed by atoms with Crippen LogP contribution in [0.4, 0.5) is 0 Å². The molecule has 1 fully saturated rings. The predicted molar refractivity (Wildman–Crippen MR) is 71.0 cm³/mol. The molecule has 5 heteroatoms. The summed E-state index contributed by atoms with van der Waals surface area (Å²) in [4.78, 5) is 2.49. The van der Waals surface area contributed by atoms with Gasteiger partial charge in [-0.1, -0.05) is 12.8 Å². The molecule has 0 aliphatic carbocycles. The summed E-state index contributed by atoms with van der Waals surface area (Å²) in [6.45, 7) is 5.20. The van der Waals surface area contributed by atoms with Gasteiger partial charge in [0.2, 0.25) is 10.0 Å². The lowest BCUT2D eigenvalue weighted by Gasteiger charge is -2.19. The van der Waals surface area contributed by atoms with Crippen LogP contribution in [0.5, 0.6) is 0 Å². The van der Waals surface area contributed by atoms with Gasteiger partial charge in [0.15, 0.2) is 0 Å². The molecule has 3 nitrogen and oxygen atoms in total. The molecule has 0 amide bonds. The first-order valence-corrected chi connectivity index (χ1v) is 8.34. The second-order valence-corrected chi connectivity index (χ2v) is 7.96. The first-order chi connectivity index (χ1) is 8.01. The zero-order valence-electron chi connectivity index (χ0n) is 10.4. The lowest BCUT2D eigenvalue weighted by atomic mass is 10.2. The summed E-state index contributed by atoms with van der Waals surface area (Å²) in [5.74, 6) is 0. The van der Waals surface area contributed by atoms with Gasteiger partial charge in [-0.3, -0.25) is 0 Å². The topological polar surface area (TPSA) is 37.4 Å². The fourth-order valence-electron chi connectivity index (χ4n) is 2.28. The predicted octanol–water partition coefficient (Wildman–Crippen LogP) is 2.93. The Balaban J connectivity index is 2.31. The maximum Gasteiger partial charge on any atom is 0.244 e. The van der Waals surface area contributed by atoms with Crippen molar-refractivity contribution in [3.8, 4) is 0 Å². The van der Waals surface area contributed by atoms with Gasteiger partial charge in [-0.15, -0.1) is 11.3 Å². The van der Waals surface area contributed by atoms with Crippen molar-refractivity contribution >= 4 is 21.4 Å². The van der Waals surface area contributed by atoms with Crippen molar-refractivity contribution in [3.05, 3.63) is 15.8 Å². The highest BCUT2D eigenvalue weighted by Crippen LogP contribution is 2.28. The van der Waals surface area contributed by atoms with E-state index in [2.05, 4.69) is 0 Å². The van der Waals surface area contributed by atoms with Crippen LogP contribution in [0.1, 0.15) is 35.4 Å². The standard InChI is InChI=1S/C12H19NO2S2/c1-10-9-12(11(2)16-10)17(14,15)13-7-5-3-4-6-8-13/h9H,3-8H2,1-2H3. The van der Waals surface area contributed by atoms with E-state index in [9.17, 15) is 8.42 Å². The fourth-order valence-corrected chi connectivity index (χ4v) is 5.33. The highest BCUT2D eigenvalue weighted by atomic mass is 32.2. The molecule has 1 aliphatic heterocycles. The Morgan fingerprint density at radius 1 is 1.12 bits per heavy atom. The number of nitrogens with zero attached hydrogens (tertiary/aromatic N) is 1. The number of thiophene rings is 1. The molecule has 2 heterocycles. The smallest absolute Gasteiger partial charge is 0.207 e. The summed E-state index contributed by atoms with van der Waals surface area (Å²) >= 11 is 1.56. The van der Waals surface area contributed by atoms with Gasteiger partial charge >= 0.3 is 0 Å². The van der Waals surface area contributed by atoms with E-state index in [1.54, 1.807) is 21.7 Å². The zero-order chi connectivity index (χ0) is 12.5. The van der Waals surface area contributed by atoms with Gasteiger partial charge in [0.05, 0.1) is 4.90 Å². The SMILES string of the molecule is Cc1cc(S(=O)(=O)N2CCCCCC2)c(C)s1. The molecule has 0 unspecified atom stereocenters. The Morgan fingerprint density at radius 2 is 1.71 bits per heavy atom. The average molecular weight is 273 g/mol. The van der Waals surface area contributed by atoms with Crippen molar-refractivity contribution in [1.82, 2.24) is 4.31 Å². The number of rotatable bonds is 2. The molecule has 1 aromatic heterocycles. The highest BCUT2D eigenvalue weighted by molar-refractivity contribution is 7.89. The molecule has 0 bridgehead atoms. The molecule has 2 rings (SSSR count). The maximum atomic E-state index is 12.5. The molecule has 0 aromatic carbocycles. The van der Waals surface area contributed by atoms with Crippen LogP contribution in [-0.4, -0.2) is 25.8 Å². The van der Waals surface area contributed by atoms with Crippen LogP contribution >= 0.6 is 11.3 Å². The van der Waals surface area contributed by atoms with E-state index in [4.69, 9.17) is 0 Å². The zero-order valence-corrected chi connectivity index (χ0v) is 12.0. The molecular weight excluding hydrogens is 254 g/mol. The van der Waals surface area contributed by atoms with Crippen LogP contribution < -0.4 is 0 Å². The Kier molecular flexibility index (Phi) is 3.90. The minimum Gasteiger partial charge on any atom is -0.207 e. The van der Waals surface area contributed by atoms with Crippen molar-refractivity contribution in [1.29, 1.82) is 0 Å². The van der Waals surface area contributed by atoms with Crippen molar-refractivity contribution in [2.75, 3.05) is 13.1 Å². The van der Waals surface area contributed by atoms with Crippen LogP contribution in [0.3, 0.4) is 0 Å². The average Bonchev–Trinajstić information content (AvgIpc) is 2.52. The second-order valence-electron chi connectivity index (χ2n) is 4.60. The molecule has 1 aromatic rings. The third kappa shape index (κ3) is 2.72. The van der Waals surface area contributed by atoms with Crippen LogP contribution in [0.25, 0.3) is 0 Å². The number of hydrogen-bond donors (Lipinski definition) is 0. The normalized spacial score (nSPS) is 19.2. The van der Waals surface area contributed by atoms with Crippen molar-refractivity contribution in [2.24, 2.45) is 0 Å². The molecule has 0 saturated carbocycles. The molecule has 0 spiro atoms. The summed E-state index contributed by atoms with van der Waals surface area (Å²) in [5.41, 5.74) is 0. The third-order valence-electron chi connectivity index (χ3n) is 3.18. The first kappa shape index (κ1) is 13.1. The summed E-state index contributed by atoms with van der Waals surface area (Å²) in [5, 5.41) is 0. The van der Waals surface area contributed by atoms with Crippen molar-refractivity contribution in [2.45, 2.75) is 44.4 Å². The van der Waals surface area contributed by atoms with Crippen LogP contribution in [0, 0.1) is 13.8 Å². The Morgan fingerprint density at radius 3 is 2.18 bits per heavy atom. The first-order valence-electron chi connectivity index (χ1n) is 6.09. The van der Waals surface area contributed by atoms with E-state index in [0.717, 1.165) is 35.4 Å². The molecule has 17 heavy (non-hydrogen) atoms. The largest absolute Gasteiger partial charge is 0.244 e. The molecular formula is C12H19NO2S2. The number of hydrogen-bond acceptors (Lipinski definition) is 3. The molecule has 0 radical (unpaired) electrons. The summed E-state index contributed by atoms with van der Waals surface area (Å²) in [6, 6.07) is 1.81. The van der Waals surface area contributed by atoms with Crippen LogP contribution in [0.2, 0.25) is 0 Å². The van der Waals surface area contributed by atoms with E-state index < -0.39 is 10.0 Å². The van der Waals surface area contributed by atoms with E-state index in [1.807, 2.05) is 13.8 Å². The quantitative estimate of drug-likeness (QED) is 0.831. The minimum atomic E-state index is -3.25. The van der Waals surface area contributed by atoms with Gasteiger partial charge in [-0.05, 0) is 32.8 Å². The van der Waals surface area contributed by atoms with Gasteiger partial charge in [0, 0.05) is 22.8 Å². The van der Waals surface area contributed by atoms with E-state index in [-0.39, 0.29) is 0 Å². The van der Waals surface area contributed by atoms with Crippen LogP contribution in [-0.2, 0) is 10.0 Å². The second kappa shape index (κ2) is 5.08. The van der Waals surface area contributed by atoms with Gasteiger partial charge in [0.1, 0.15) is 0 Å². The van der Waals surface area contributed by atoms with E-state index in [0.29, 0.717) is 18.0 Å². The Hall–Kier alpha value is -0.390. The summed E-state index contributed by atoms with van der Waals surface area (Å²) in [7, 11) is -3.25. The van der Waals surface area contributed by atoms with Gasteiger partial charge in [0.25, 0.3) is 0 Å². The fraction of sp³-hybridized carbons (Fsp3) is 0.667. The highest BCUT2D eigenvalue weighted by Gasteiger charge is 2.27. The molecule has 96 valence electrons. The van der Waals surface area contributed by atoms with E-state index in [1.165, 1.54) is 0 Å². The van der Waals surface area contributed by atoms with E-state index >= 15 is 0 Å². The molecule has 1 saturated heterocycles. The summed E-state index contributed by atoms with van der Waals surface area (Å²) in [6.07, 6.45) is 4.27. The lowest BCUT2D eigenvalue weighted by molar-refractivity contribution is 0.423. The Labute approximate surface area is 108 Å². The number of sulfonamides is 1. The van der Waals surface area contributed by atoms with Crippen molar-refractivity contribution < 1.29 is 8.42 Å². The molecule has 1 aliphatic rings. The third-order valence-corrected chi connectivity index (χ3v) is 6.30. The summed E-state index contributed by atoms with van der Waals surface area (Å²) < 4.78 is 26.7. The van der Waals surface area contributed by atoms with Gasteiger partial charge in [-0.2, -0.15) is 4.31 Å². The molecule has 0 N–H and O–H groups in total. The molecule has 0 atom stereocenters. The van der Waals surface area contributed by atoms with Gasteiger partial charge < -0.3 is 0 Å². The Bertz CT molecular complexity index is 483. The number of aryl methyl sites for hydroxylation is 2. The van der Waals surface area contributed by atoms with Crippen molar-refractivity contribution in [3.63, 3.8) is 0 Å². The van der Waals surface area contributed by atoms with Gasteiger partial charge in [-0.25, -0.2) is 8.42 Å². The van der Waals surface area contributed by atoms with Crippen LogP contribution in [0.15, 0.2) is 11.0 Å².